The Labute approximate surface area is 184 Å². The average Bonchev–Trinajstić information content (AvgIpc) is 3.29. The van der Waals surface area contributed by atoms with Gasteiger partial charge in [-0.1, -0.05) is 42.0 Å². The summed E-state index contributed by atoms with van der Waals surface area (Å²) in [5.41, 5.74) is 3.18. The summed E-state index contributed by atoms with van der Waals surface area (Å²) in [5.74, 6) is 0.582. The lowest BCUT2D eigenvalue weighted by atomic mass is 9.81. The molecule has 6 heteroatoms. The van der Waals surface area contributed by atoms with E-state index in [1.54, 1.807) is 6.07 Å². The zero-order valence-electron chi connectivity index (χ0n) is 16.3. The van der Waals surface area contributed by atoms with Crippen molar-refractivity contribution in [3.8, 4) is 0 Å². The van der Waals surface area contributed by atoms with Gasteiger partial charge in [-0.05, 0) is 53.1 Å². The standard InChI is InChI=1S/C24H21ClN2O2S/c25-20-8-4-16(5-9-20)3-6-18-7-10-22(28)27-14-17-12-19(23(18)27)15-26(13-17)24(29)21-2-1-11-30-21/h1-11,17,19H,12-15H2/t17-,19-/m1/s1. The predicted molar refractivity (Wildman–Crippen MR) is 122 cm³/mol. The zero-order valence-corrected chi connectivity index (χ0v) is 17.9. The largest absolute Gasteiger partial charge is 0.337 e. The van der Waals surface area contributed by atoms with Crippen LogP contribution in [0.1, 0.15) is 38.8 Å². The summed E-state index contributed by atoms with van der Waals surface area (Å²) in [7, 11) is 0. The van der Waals surface area contributed by atoms with Crippen LogP contribution in [0, 0.1) is 5.92 Å². The lowest BCUT2D eigenvalue weighted by Crippen LogP contribution is -2.49. The van der Waals surface area contributed by atoms with Crippen LogP contribution in [0.25, 0.3) is 12.2 Å². The molecule has 2 bridgehead atoms. The third-order valence-electron chi connectivity index (χ3n) is 5.97. The molecule has 1 amide bonds. The van der Waals surface area contributed by atoms with Gasteiger partial charge in [0.1, 0.15) is 0 Å². The maximum atomic E-state index is 12.9. The highest BCUT2D eigenvalue weighted by molar-refractivity contribution is 7.12. The first-order valence-electron chi connectivity index (χ1n) is 10.1. The van der Waals surface area contributed by atoms with Crippen LogP contribution in [-0.2, 0) is 6.54 Å². The number of pyridine rings is 1. The molecule has 0 unspecified atom stereocenters. The lowest BCUT2D eigenvalue weighted by molar-refractivity contribution is 0.0599. The third kappa shape index (κ3) is 3.64. The van der Waals surface area contributed by atoms with Crippen LogP contribution in [0.2, 0.25) is 5.02 Å². The van der Waals surface area contributed by atoms with Crippen molar-refractivity contribution < 1.29 is 4.79 Å². The van der Waals surface area contributed by atoms with Gasteiger partial charge in [0, 0.05) is 42.3 Å². The molecule has 5 rings (SSSR count). The normalized spacial score (nSPS) is 20.4. The summed E-state index contributed by atoms with van der Waals surface area (Å²) < 4.78 is 1.92. The molecule has 4 heterocycles. The van der Waals surface area contributed by atoms with Crippen molar-refractivity contribution in [1.29, 1.82) is 0 Å². The van der Waals surface area contributed by atoms with Gasteiger partial charge in [-0.15, -0.1) is 11.3 Å². The van der Waals surface area contributed by atoms with Gasteiger partial charge >= 0.3 is 0 Å². The van der Waals surface area contributed by atoms with Crippen LogP contribution in [0.4, 0.5) is 0 Å². The number of carbonyl (C=O) groups is 1. The first kappa shape index (κ1) is 19.3. The molecular formula is C24H21ClN2O2S. The highest BCUT2D eigenvalue weighted by Crippen LogP contribution is 2.38. The molecule has 4 nitrogen and oxygen atoms in total. The maximum absolute atomic E-state index is 12.9. The maximum Gasteiger partial charge on any atom is 0.263 e. The second-order valence-corrected chi connectivity index (χ2v) is 9.38. The van der Waals surface area contributed by atoms with Gasteiger partial charge in [0.2, 0.25) is 0 Å². The lowest BCUT2D eigenvalue weighted by Gasteiger charge is -2.43. The zero-order chi connectivity index (χ0) is 20.7. The Bertz CT molecular complexity index is 1160. The Morgan fingerprint density at radius 3 is 2.63 bits per heavy atom. The van der Waals surface area contributed by atoms with Crippen molar-refractivity contribution in [1.82, 2.24) is 9.47 Å². The molecule has 0 saturated carbocycles. The second kappa shape index (κ2) is 7.89. The summed E-state index contributed by atoms with van der Waals surface area (Å²) >= 11 is 7.47. The number of nitrogens with zero attached hydrogens (tertiary/aromatic N) is 2. The smallest absolute Gasteiger partial charge is 0.263 e. The topological polar surface area (TPSA) is 42.3 Å². The Hall–Kier alpha value is -2.63. The number of aromatic nitrogens is 1. The van der Waals surface area contributed by atoms with Gasteiger partial charge < -0.3 is 9.47 Å². The number of likely N-dealkylation sites (tertiary alicyclic amines) is 1. The predicted octanol–water partition coefficient (Wildman–Crippen LogP) is 4.99. The molecule has 3 aromatic rings. The molecule has 152 valence electrons. The van der Waals surface area contributed by atoms with Gasteiger partial charge in [-0.3, -0.25) is 9.59 Å². The Morgan fingerprint density at radius 1 is 1.03 bits per heavy atom. The highest BCUT2D eigenvalue weighted by atomic mass is 35.5. The molecule has 2 aromatic heterocycles. The fraction of sp³-hybridized carbons (Fsp3) is 0.250. The number of benzene rings is 1. The van der Waals surface area contributed by atoms with Gasteiger partial charge in [0.25, 0.3) is 11.5 Å². The van der Waals surface area contributed by atoms with Crippen molar-refractivity contribution in [2.75, 3.05) is 13.1 Å². The summed E-state index contributed by atoms with van der Waals surface area (Å²) in [6.45, 7) is 2.03. The van der Waals surface area contributed by atoms with Crippen LogP contribution in [0.15, 0.2) is 58.7 Å². The molecule has 1 saturated heterocycles. The third-order valence-corrected chi connectivity index (χ3v) is 7.08. The second-order valence-electron chi connectivity index (χ2n) is 7.99. The molecule has 0 spiro atoms. The number of piperidine rings is 1. The molecule has 0 radical (unpaired) electrons. The summed E-state index contributed by atoms with van der Waals surface area (Å²) in [5, 5.41) is 2.64. The number of hydrogen-bond donors (Lipinski definition) is 0. The van der Waals surface area contributed by atoms with Crippen molar-refractivity contribution in [3.05, 3.63) is 91.0 Å². The Morgan fingerprint density at radius 2 is 1.87 bits per heavy atom. The minimum atomic E-state index is 0.0429. The van der Waals surface area contributed by atoms with Crippen LogP contribution in [0.3, 0.4) is 0 Å². The number of amides is 1. The van der Waals surface area contributed by atoms with E-state index in [0.717, 1.165) is 28.1 Å². The number of fused-ring (bicyclic) bond motifs is 4. The Balaban J connectivity index is 1.48. The van der Waals surface area contributed by atoms with Crippen molar-refractivity contribution >= 4 is 41.0 Å². The van der Waals surface area contributed by atoms with Gasteiger partial charge in [0.05, 0.1) is 4.88 Å². The molecule has 2 aliphatic heterocycles. The first-order chi connectivity index (χ1) is 14.6. The molecule has 0 N–H and O–H groups in total. The van der Waals surface area contributed by atoms with E-state index < -0.39 is 0 Å². The molecule has 30 heavy (non-hydrogen) atoms. The van der Waals surface area contributed by atoms with E-state index in [1.165, 1.54) is 11.3 Å². The molecular weight excluding hydrogens is 416 g/mol. The number of halogens is 1. The molecule has 1 fully saturated rings. The van der Waals surface area contributed by atoms with E-state index in [-0.39, 0.29) is 17.4 Å². The number of thiophene rings is 1. The number of rotatable bonds is 3. The fourth-order valence-corrected chi connectivity index (χ4v) is 5.49. The molecule has 2 atom stereocenters. The van der Waals surface area contributed by atoms with E-state index in [1.807, 2.05) is 63.4 Å². The molecule has 0 aliphatic carbocycles. The summed E-state index contributed by atoms with van der Waals surface area (Å²) in [6, 6.07) is 15.0. The minimum absolute atomic E-state index is 0.0429. The van der Waals surface area contributed by atoms with Crippen molar-refractivity contribution in [3.63, 3.8) is 0 Å². The van der Waals surface area contributed by atoms with E-state index >= 15 is 0 Å². The molecule has 1 aromatic carbocycles. The van der Waals surface area contributed by atoms with Crippen LogP contribution in [0.5, 0.6) is 0 Å². The van der Waals surface area contributed by atoms with E-state index in [9.17, 15) is 9.59 Å². The quantitative estimate of drug-likeness (QED) is 0.580. The summed E-state index contributed by atoms with van der Waals surface area (Å²) in [6.07, 6.45) is 5.12. The first-order valence-corrected chi connectivity index (χ1v) is 11.3. The number of hydrogen-bond acceptors (Lipinski definition) is 3. The average molecular weight is 437 g/mol. The van der Waals surface area contributed by atoms with Gasteiger partial charge in [-0.25, -0.2) is 0 Å². The minimum Gasteiger partial charge on any atom is -0.337 e. The molecule has 2 aliphatic rings. The van der Waals surface area contributed by atoms with E-state index in [4.69, 9.17) is 11.6 Å². The van der Waals surface area contributed by atoms with E-state index in [0.29, 0.717) is 30.6 Å². The van der Waals surface area contributed by atoms with Crippen molar-refractivity contribution in [2.24, 2.45) is 5.92 Å². The highest BCUT2D eigenvalue weighted by Gasteiger charge is 2.37. The Kier molecular flexibility index (Phi) is 5.09. The van der Waals surface area contributed by atoms with Crippen molar-refractivity contribution in [2.45, 2.75) is 18.9 Å². The summed E-state index contributed by atoms with van der Waals surface area (Å²) in [4.78, 5) is 28.3. The monoisotopic (exact) mass is 436 g/mol. The number of carbonyl (C=O) groups excluding carboxylic acids is 1. The fourth-order valence-electron chi connectivity index (χ4n) is 4.67. The van der Waals surface area contributed by atoms with Gasteiger partial charge in [0.15, 0.2) is 0 Å². The SMILES string of the molecule is O=C(c1cccs1)N1C[C@H]2C[C@H](C1)c1c(C=Cc3ccc(Cl)cc3)ccc(=O)n1C2. The van der Waals surface area contributed by atoms with Crippen LogP contribution >= 0.6 is 22.9 Å². The van der Waals surface area contributed by atoms with Crippen LogP contribution < -0.4 is 5.56 Å². The van der Waals surface area contributed by atoms with Crippen LogP contribution in [-0.4, -0.2) is 28.5 Å². The van der Waals surface area contributed by atoms with E-state index in [2.05, 4.69) is 6.08 Å². The van der Waals surface area contributed by atoms with Gasteiger partial charge in [-0.2, -0.15) is 0 Å².